The first-order valence-corrected chi connectivity index (χ1v) is 10.2. The lowest BCUT2D eigenvalue weighted by atomic mass is 9.93. The zero-order valence-corrected chi connectivity index (χ0v) is 17.6. The van der Waals surface area contributed by atoms with Gasteiger partial charge in [-0.15, -0.1) is 0 Å². The zero-order valence-electron chi connectivity index (χ0n) is 17.6. The second kappa shape index (κ2) is 8.29. The van der Waals surface area contributed by atoms with Gasteiger partial charge in [-0.3, -0.25) is 0 Å². The summed E-state index contributed by atoms with van der Waals surface area (Å²) in [5.74, 6) is 2.96. The Morgan fingerprint density at radius 1 is 1.14 bits per heavy atom. The molecule has 7 nitrogen and oxygen atoms in total. The van der Waals surface area contributed by atoms with E-state index in [0.29, 0.717) is 25.2 Å². The van der Waals surface area contributed by atoms with E-state index in [-0.39, 0.29) is 0 Å². The number of ether oxygens (including phenoxy) is 2. The van der Waals surface area contributed by atoms with Gasteiger partial charge in [-0.25, -0.2) is 4.98 Å². The SMILES string of the molecule is CNc1cc(C)nc(Nc2cc3c(c(C4=CCN[C@H](C)CC4)c2C)OCCO3)n1. The number of fused-ring (bicyclic) bond motifs is 1. The lowest BCUT2D eigenvalue weighted by Gasteiger charge is -2.26. The zero-order chi connectivity index (χ0) is 20.4. The van der Waals surface area contributed by atoms with E-state index in [1.165, 1.54) is 5.57 Å². The van der Waals surface area contributed by atoms with Crippen molar-refractivity contribution >= 4 is 23.0 Å². The average Bonchev–Trinajstić information content (AvgIpc) is 2.92. The van der Waals surface area contributed by atoms with Crippen molar-refractivity contribution in [2.24, 2.45) is 0 Å². The van der Waals surface area contributed by atoms with Gasteiger partial charge in [0, 0.05) is 48.7 Å². The molecule has 0 saturated heterocycles. The predicted molar refractivity (Wildman–Crippen MR) is 116 cm³/mol. The van der Waals surface area contributed by atoms with Crippen molar-refractivity contribution in [1.82, 2.24) is 15.3 Å². The lowest BCUT2D eigenvalue weighted by molar-refractivity contribution is 0.171. The number of aryl methyl sites for hydroxylation is 1. The van der Waals surface area contributed by atoms with Crippen LogP contribution in [-0.4, -0.2) is 42.8 Å². The molecule has 0 amide bonds. The Labute approximate surface area is 171 Å². The molecular weight excluding hydrogens is 366 g/mol. The minimum atomic E-state index is 0.499. The van der Waals surface area contributed by atoms with Crippen LogP contribution in [0.15, 0.2) is 18.2 Å². The van der Waals surface area contributed by atoms with Crippen LogP contribution in [0.25, 0.3) is 5.57 Å². The molecule has 2 aromatic rings. The summed E-state index contributed by atoms with van der Waals surface area (Å²) in [6.45, 7) is 8.28. The molecule has 1 atom stereocenters. The highest BCUT2D eigenvalue weighted by molar-refractivity contribution is 5.82. The molecule has 7 heteroatoms. The Morgan fingerprint density at radius 3 is 2.79 bits per heavy atom. The van der Waals surface area contributed by atoms with Crippen LogP contribution in [0.2, 0.25) is 0 Å². The van der Waals surface area contributed by atoms with Crippen LogP contribution in [0.4, 0.5) is 17.5 Å². The molecule has 154 valence electrons. The van der Waals surface area contributed by atoms with Crippen molar-refractivity contribution in [2.45, 2.75) is 39.7 Å². The number of nitrogens with zero attached hydrogens (tertiary/aromatic N) is 2. The van der Waals surface area contributed by atoms with Crippen molar-refractivity contribution in [3.05, 3.63) is 35.0 Å². The number of hydrogen-bond acceptors (Lipinski definition) is 7. The molecule has 2 aliphatic rings. The Balaban J connectivity index is 1.77. The van der Waals surface area contributed by atoms with E-state index in [1.54, 1.807) is 0 Å². The van der Waals surface area contributed by atoms with Gasteiger partial charge in [0.15, 0.2) is 11.5 Å². The smallest absolute Gasteiger partial charge is 0.229 e. The highest BCUT2D eigenvalue weighted by atomic mass is 16.6. The summed E-state index contributed by atoms with van der Waals surface area (Å²) in [6.07, 6.45) is 4.36. The first kappa shape index (κ1) is 19.5. The molecule has 0 fully saturated rings. The maximum Gasteiger partial charge on any atom is 0.229 e. The van der Waals surface area contributed by atoms with E-state index in [2.05, 4.69) is 45.8 Å². The van der Waals surface area contributed by atoms with E-state index in [9.17, 15) is 0 Å². The Bertz CT molecular complexity index is 941. The Hall–Kier alpha value is -2.80. The molecule has 0 bridgehead atoms. The minimum Gasteiger partial charge on any atom is -0.486 e. The van der Waals surface area contributed by atoms with Crippen molar-refractivity contribution < 1.29 is 9.47 Å². The summed E-state index contributed by atoms with van der Waals surface area (Å²) in [5, 5.41) is 10.0. The van der Waals surface area contributed by atoms with Gasteiger partial charge in [-0.2, -0.15) is 4.98 Å². The molecule has 1 aromatic carbocycles. The predicted octanol–water partition coefficient (Wildman–Crippen LogP) is 3.81. The van der Waals surface area contributed by atoms with Crippen LogP contribution >= 0.6 is 0 Å². The van der Waals surface area contributed by atoms with Gasteiger partial charge in [-0.05, 0) is 44.7 Å². The monoisotopic (exact) mass is 395 g/mol. The average molecular weight is 396 g/mol. The summed E-state index contributed by atoms with van der Waals surface area (Å²) in [6, 6.07) is 4.41. The molecular formula is C22H29N5O2. The second-order valence-electron chi connectivity index (χ2n) is 7.62. The maximum atomic E-state index is 6.06. The number of hydrogen-bond donors (Lipinski definition) is 3. The number of nitrogens with one attached hydrogen (secondary N) is 3. The van der Waals surface area contributed by atoms with Crippen LogP contribution in [0.1, 0.15) is 36.6 Å². The van der Waals surface area contributed by atoms with Gasteiger partial charge in [0.05, 0.1) is 0 Å². The number of allylic oxidation sites excluding steroid dienone is 1. The van der Waals surface area contributed by atoms with E-state index in [4.69, 9.17) is 9.47 Å². The standard InChI is InChI=1S/C22H29N5O2/c1-13-5-6-16(7-8-24-13)20-15(3)17(12-18-21(20)29-10-9-28-18)26-22-25-14(2)11-19(23-4)27-22/h7,11-13,24H,5-6,8-10H2,1-4H3,(H2,23,25,26,27)/t13-/m1/s1. The van der Waals surface area contributed by atoms with Crippen LogP contribution in [0, 0.1) is 13.8 Å². The third-order valence-corrected chi connectivity index (χ3v) is 5.43. The van der Waals surface area contributed by atoms with Crippen molar-refractivity contribution in [3.63, 3.8) is 0 Å². The molecule has 1 aromatic heterocycles. The fourth-order valence-corrected chi connectivity index (χ4v) is 3.85. The summed E-state index contributed by atoms with van der Waals surface area (Å²) < 4.78 is 12.0. The van der Waals surface area contributed by atoms with Gasteiger partial charge >= 0.3 is 0 Å². The minimum absolute atomic E-state index is 0.499. The van der Waals surface area contributed by atoms with Gasteiger partial charge in [-0.1, -0.05) is 6.08 Å². The van der Waals surface area contributed by atoms with Crippen LogP contribution in [-0.2, 0) is 0 Å². The number of rotatable bonds is 4. The molecule has 0 saturated carbocycles. The molecule has 0 spiro atoms. The molecule has 0 unspecified atom stereocenters. The largest absolute Gasteiger partial charge is 0.486 e. The van der Waals surface area contributed by atoms with E-state index in [0.717, 1.165) is 59.2 Å². The van der Waals surface area contributed by atoms with Gasteiger partial charge in [0.1, 0.15) is 19.0 Å². The van der Waals surface area contributed by atoms with Crippen LogP contribution in [0.5, 0.6) is 11.5 Å². The first-order chi connectivity index (χ1) is 14.0. The summed E-state index contributed by atoms with van der Waals surface area (Å²) >= 11 is 0. The van der Waals surface area contributed by atoms with Crippen molar-refractivity contribution in [1.29, 1.82) is 0 Å². The molecule has 0 radical (unpaired) electrons. The summed E-state index contributed by atoms with van der Waals surface area (Å²) in [5.41, 5.74) is 5.37. The fraction of sp³-hybridized carbons (Fsp3) is 0.455. The quantitative estimate of drug-likeness (QED) is 0.726. The van der Waals surface area contributed by atoms with Crippen LogP contribution in [0.3, 0.4) is 0 Å². The Kier molecular flexibility index (Phi) is 5.58. The number of anilines is 3. The van der Waals surface area contributed by atoms with E-state index >= 15 is 0 Å². The molecule has 0 aliphatic carbocycles. The van der Waals surface area contributed by atoms with Crippen LogP contribution < -0.4 is 25.4 Å². The van der Waals surface area contributed by atoms with Crippen molar-refractivity contribution in [3.8, 4) is 11.5 Å². The first-order valence-electron chi connectivity index (χ1n) is 10.2. The number of aromatic nitrogens is 2. The lowest BCUT2D eigenvalue weighted by Crippen LogP contribution is -2.24. The molecule has 4 rings (SSSR count). The number of benzene rings is 1. The molecule has 3 N–H and O–H groups in total. The summed E-state index contributed by atoms with van der Waals surface area (Å²) in [7, 11) is 1.85. The Morgan fingerprint density at radius 2 is 1.97 bits per heavy atom. The highest BCUT2D eigenvalue weighted by Crippen LogP contribution is 2.45. The van der Waals surface area contributed by atoms with Crippen molar-refractivity contribution in [2.75, 3.05) is 37.4 Å². The maximum absolute atomic E-state index is 6.06. The third-order valence-electron chi connectivity index (χ3n) is 5.43. The highest BCUT2D eigenvalue weighted by Gasteiger charge is 2.25. The summed E-state index contributed by atoms with van der Waals surface area (Å²) in [4.78, 5) is 9.08. The van der Waals surface area contributed by atoms with Gasteiger partial charge < -0.3 is 25.4 Å². The second-order valence-corrected chi connectivity index (χ2v) is 7.62. The van der Waals surface area contributed by atoms with E-state index in [1.807, 2.05) is 26.1 Å². The van der Waals surface area contributed by atoms with Gasteiger partial charge in [0.2, 0.25) is 5.95 Å². The molecule has 29 heavy (non-hydrogen) atoms. The van der Waals surface area contributed by atoms with Gasteiger partial charge in [0.25, 0.3) is 0 Å². The molecule has 3 heterocycles. The third kappa shape index (κ3) is 4.15. The topological polar surface area (TPSA) is 80.3 Å². The molecule has 2 aliphatic heterocycles. The fourth-order valence-electron chi connectivity index (χ4n) is 3.85. The normalized spacial score (nSPS) is 18.6. The van der Waals surface area contributed by atoms with E-state index < -0.39 is 0 Å².